The van der Waals surface area contributed by atoms with Crippen molar-refractivity contribution in [1.82, 2.24) is 25.0 Å². The van der Waals surface area contributed by atoms with Crippen molar-refractivity contribution in [3.05, 3.63) is 29.3 Å². The van der Waals surface area contributed by atoms with Gasteiger partial charge in [-0.3, -0.25) is 10.1 Å². The number of amides is 1. The molecule has 3 heterocycles. The van der Waals surface area contributed by atoms with Crippen LogP contribution in [0.4, 0.5) is 5.13 Å². The van der Waals surface area contributed by atoms with E-state index in [4.69, 9.17) is 9.15 Å². The number of hydrogen-bond donors (Lipinski definition) is 1. The molecule has 11 heteroatoms. The molecule has 0 fully saturated rings. The maximum absolute atomic E-state index is 12.2. The van der Waals surface area contributed by atoms with Gasteiger partial charge in [-0.25, -0.2) is 0 Å². The number of thioether (sulfide) groups is 1. The fourth-order valence-corrected chi connectivity index (χ4v) is 4.44. The zero-order valence-corrected chi connectivity index (χ0v) is 18.3. The van der Waals surface area contributed by atoms with Gasteiger partial charge in [-0.05, 0) is 18.6 Å². The van der Waals surface area contributed by atoms with Gasteiger partial charge in [-0.1, -0.05) is 42.2 Å². The van der Waals surface area contributed by atoms with Gasteiger partial charge in [0.25, 0.3) is 0 Å². The van der Waals surface area contributed by atoms with Gasteiger partial charge < -0.3 is 13.7 Å². The number of fused-ring (bicyclic) bond motifs is 1. The summed E-state index contributed by atoms with van der Waals surface area (Å²) in [6, 6.07) is 7.59. The largest absolute Gasteiger partial charge is 0.493 e. The summed E-state index contributed by atoms with van der Waals surface area (Å²) in [7, 11) is 3.44. The number of para-hydroxylation sites is 1. The van der Waals surface area contributed by atoms with E-state index in [-0.39, 0.29) is 11.7 Å². The molecule has 1 amide bonds. The maximum Gasteiger partial charge on any atom is 0.236 e. The smallest absolute Gasteiger partial charge is 0.236 e. The summed E-state index contributed by atoms with van der Waals surface area (Å²) in [6.45, 7) is 2.08. The minimum absolute atomic E-state index is 0.169. The lowest BCUT2D eigenvalue weighted by atomic mass is 10.2. The number of furan rings is 1. The summed E-state index contributed by atoms with van der Waals surface area (Å²) in [6.07, 6.45) is 1.85. The van der Waals surface area contributed by atoms with Crippen molar-refractivity contribution in [2.75, 3.05) is 18.2 Å². The van der Waals surface area contributed by atoms with E-state index in [1.54, 1.807) is 11.7 Å². The molecule has 0 radical (unpaired) electrons. The van der Waals surface area contributed by atoms with E-state index >= 15 is 0 Å². The van der Waals surface area contributed by atoms with Crippen LogP contribution in [0, 0.1) is 0 Å². The maximum atomic E-state index is 12.2. The van der Waals surface area contributed by atoms with Crippen molar-refractivity contribution in [3.63, 3.8) is 0 Å². The summed E-state index contributed by atoms with van der Waals surface area (Å²) < 4.78 is 13.1. The van der Waals surface area contributed by atoms with E-state index in [1.165, 1.54) is 23.1 Å². The highest BCUT2D eigenvalue weighted by Gasteiger charge is 2.18. The van der Waals surface area contributed by atoms with Crippen LogP contribution in [0.3, 0.4) is 0 Å². The first-order chi connectivity index (χ1) is 14.6. The zero-order valence-electron chi connectivity index (χ0n) is 16.7. The third-order valence-electron chi connectivity index (χ3n) is 4.29. The molecule has 0 aliphatic rings. The van der Waals surface area contributed by atoms with Crippen LogP contribution in [0.25, 0.3) is 22.6 Å². The molecule has 0 bridgehead atoms. The average Bonchev–Trinajstić information content (AvgIpc) is 3.45. The number of benzene rings is 1. The SMILES string of the molecule is CCCc1nnc(NC(=O)CSc2nnc(-c3cc4cccc(OC)c4o3)n2C)s1. The Kier molecular flexibility index (Phi) is 6.00. The number of hydrogen-bond acceptors (Lipinski definition) is 9. The molecule has 1 N–H and O–H groups in total. The van der Waals surface area contributed by atoms with Crippen LogP contribution in [-0.4, -0.2) is 43.7 Å². The van der Waals surface area contributed by atoms with Crippen LogP contribution < -0.4 is 10.1 Å². The van der Waals surface area contributed by atoms with Crippen molar-refractivity contribution in [2.24, 2.45) is 7.05 Å². The van der Waals surface area contributed by atoms with Gasteiger partial charge in [0.05, 0.1) is 12.9 Å². The number of carbonyl (C=O) groups excluding carboxylic acids is 1. The van der Waals surface area contributed by atoms with Gasteiger partial charge in [0.15, 0.2) is 28.1 Å². The topological polar surface area (TPSA) is 108 Å². The summed E-state index contributed by atoms with van der Waals surface area (Å²) >= 11 is 2.69. The summed E-state index contributed by atoms with van der Waals surface area (Å²) in [5.74, 6) is 1.83. The van der Waals surface area contributed by atoms with Gasteiger partial charge >= 0.3 is 0 Å². The molecule has 3 aromatic heterocycles. The van der Waals surface area contributed by atoms with E-state index in [9.17, 15) is 4.79 Å². The van der Waals surface area contributed by atoms with E-state index in [2.05, 4.69) is 32.6 Å². The van der Waals surface area contributed by atoms with E-state index in [0.717, 1.165) is 23.2 Å². The van der Waals surface area contributed by atoms with Crippen LogP contribution in [0.5, 0.6) is 5.75 Å². The molecule has 9 nitrogen and oxygen atoms in total. The molecule has 0 saturated carbocycles. The number of aromatic nitrogens is 5. The molecule has 0 aliphatic heterocycles. The second-order valence-corrected chi connectivity index (χ2v) is 8.45. The second kappa shape index (κ2) is 8.84. The summed E-state index contributed by atoms with van der Waals surface area (Å²) in [4.78, 5) is 12.2. The van der Waals surface area contributed by atoms with E-state index in [1.807, 2.05) is 31.3 Å². The number of carbonyl (C=O) groups is 1. The summed E-state index contributed by atoms with van der Waals surface area (Å²) in [5.41, 5.74) is 0.658. The molecule has 0 unspecified atom stereocenters. The summed E-state index contributed by atoms with van der Waals surface area (Å²) in [5, 5.41) is 22.2. The highest BCUT2D eigenvalue weighted by Crippen LogP contribution is 2.33. The minimum Gasteiger partial charge on any atom is -0.493 e. The normalized spacial score (nSPS) is 11.2. The van der Waals surface area contributed by atoms with Gasteiger partial charge in [-0.2, -0.15) is 0 Å². The molecule has 0 aliphatic carbocycles. The Morgan fingerprint density at radius 3 is 2.97 bits per heavy atom. The van der Waals surface area contributed by atoms with Crippen LogP contribution in [-0.2, 0) is 18.3 Å². The third-order valence-corrected chi connectivity index (χ3v) is 6.21. The van der Waals surface area contributed by atoms with Gasteiger partial charge in [-0.15, -0.1) is 20.4 Å². The molecule has 0 atom stereocenters. The Morgan fingerprint density at radius 2 is 2.17 bits per heavy atom. The molecule has 1 aromatic carbocycles. The minimum atomic E-state index is -0.169. The fraction of sp³-hybridized carbons (Fsp3) is 0.316. The van der Waals surface area contributed by atoms with Crippen molar-refractivity contribution in [2.45, 2.75) is 24.9 Å². The zero-order chi connectivity index (χ0) is 21.1. The number of anilines is 1. The van der Waals surface area contributed by atoms with Crippen LogP contribution in [0.1, 0.15) is 18.4 Å². The highest BCUT2D eigenvalue weighted by atomic mass is 32.2. The third kappa shape index (κ3) is 4.17. The Balaban J connectivity index is 1.44. The van der Waals surface area contributed by atoms with Crippen LogP contribution in [0.15, 0.2) is 33.8 Å². The van der Waals surface area contributed by atoms with E-state index < -0.39 is 0 Å². The first-order valence-corrected chi connectivity index (χ1v) is 11.1. The first-order valence-electron chi connectivity index (χ1n) is 9.30. The van der Waals surface area contributed by atoms with Crippen molar-refractivity contribution < 1.29 is 13.9 Å². The fourth-order valence-electron chi connectivity index (χ4n) is 2.87. The Bertz CT molecular complexity index is 1180. The van der Waals surface area contributed by atoms with Crippen molar-refractivity contribution in [3.8, 4) is 17.3 Å². The van der Waals surface area contributed by atoms with Gasteiger partial charge in [0.2, 0.25) is 11.0 Å². The Morgan fingerprint density at radius 1 is 1.30 bits per heavy atom. The monoisotopic (exact) mass is 444 g/mol. The molecule has 4 rings (SSSR count). The number of nitrogens with zero attached hydrogens (tertiary/aromatic N) is 5. The standard InChI is InChI=1S/C19H20N6O3S2/c1-4-6-15-21-23-18(30-15)20-14(26)10-29-19-24-22-17(25(19)2)13-9-11-7-5-8-12(27-3)16(11)28-13/h5,7-9H,4,6,10H2,1-3H3,(H,20,23,26). The Hall–Kier alpha value is -2.92. The first kappa shape index (κ1) is 20.4. The lowest BCUT2D eigenvalue weighted by molar-refractivity contribution is -0.113. The average molecular weight is 445 g/mol. The molecular formula is C19H20N6O3S2. The second-order valence-electron chi connectivity index (χ2n) is 6.44. The molecular weight excluding hydrogens is 424 g/mol. The predicted octanol–water partition coefficient (Wildman–Crippen LogP) is 3.77. The Labute approximate surface area is 180 Å². The molecule has 30 heavy (non-hydrogen) atoms. The number of nitrogens with one attached hydrogen (secondary N) is 1. The predicted molar refractivity (Wildman–Crippen MR) is 116 cm³/mol. The van der Waals surface area contributed by atoms with Gasteiger partial charge in [0.1, 0.15) is 5.01 Å². The highest BCUT2D eigenvalue weighted by molar-refractivity contribution is 7.99. The van der Waals surface area contributed by atoms with Gasteiger partial charge in [0, 0.05) is 18.9 Å². The molecule has 0 saturated heterocycles. The van der Waals surface area contributed by atoms with Crippen molar-refractivity contribution >= 4 is 45.1 Å². The number of rotatable bonds is 8. The molecule has 0 spiro atoms. The number of aryl methyl sites for hydroxylation is 1. The van der Waals surface area contributed by atoms with Crippen LogP contribution >= 0.6 is 23.1 Å². The van der Waals surface area contributed by atoms with Crippen molar-refractivity contribution in [1.29, 1.82) is 0 Å². The molecule has 156 valence electrons. The number of methoxy groups -OCH3 is 1. The van der Waals surface area contributed by atoms with Crippen LogP contribution in [0.2, 0.25) is 0 Å². The van der Waals surface area contributed by atoms with E-state index in [0.29, 0.717) is 33.2 Å². The number of ether oxygens (including phenoxy) is 1. The lowest BCUT2D eigenvalue weighted by Crippen LogP contribution is -2.14. The quantitative estimate of drug-likeness (QED) is 0.409. The molecule has 4 aromatic rings. The lowest BCUT2D eigenvalue weighted by Gasteiger charge is -2.02.